The molecule has 0 atom stereocenters. The summed E-state index contributed by atoms with van der Waals surface area (Å²) < 4.78 is 23.6. The lowest BCUT2D eigenvalue weighted by Crippen LogP contribution is -2.14. The zero-order valence-electron chi connectivity index (χ0n) is 9.67. The number of anilines is 1. The van der Waals surface area contributed by atoms with Crippen molar-refractivity contribution in [2.45, 2.75) is 24.0 Å². The van der Waals surface area contributed by atoms with Gasteiger partial charge in [0.15, 0.2) is 9.84 Å². The Hall–Kier alpha value is -1.56. The van der Waals surface area contributed by atoms with Crippen LogP contribution in [-0.2, 0) is 14.6 Å². The molecule has 2 N–H and O–H groups in total. The second kappa shape index (κ2) is 5.18. The van der Waals surface area contributed by atoms with E-state index in [9.17, 15) is 13.2 Å². The van der Waals surface area contributed by atoms with Crippen molar-refractivity contribution in [3.05, 3.63) is 24.3 Å². The van der Waals surface area contributed by atoms with E-state index in [0.29, 0.717) is 5.69 Å². The van der Waals surface area contributed by atoms with E-state index in [0.717, 1.165) is 0 Å². The molecule has 0 spiro atoms. The smallest absolute Gasteiger partial charge is 0.322 e. The molecule has 6 heteroatoms. The van der Waals surface area contributed by atoms with Crippen molar-refractivity contribution in [2.24, 2.45) is 0 Å². The minimum absolute atomic E-state index is 0.198. The molecular formula is C11H15NO4S. The van der Waals surface area contributed by atoms with E-state index >= 15 is 0 Å². The first-order valence-corrected chi connectivity index (χ1v) is 6.68. The van der Waals surface area contributed by atoms with Crippen LogP contribution in [0.3, 0.4) is 0 Å². The van der Waals surface area contributed by atoms with Gasteiger partial charge in [-0.25, -0.2) is 8.42 Å². The van der Waals surface area contributed by atoms with Crippen molar-refractivity contribution in [3.63, 3.8) is 0 Å². The number of aliphatic carboxylic acids is 1. The van der Waals surface area contributed by atoms with Gasteiger partial charge in [0, 0.05) is 5.69 Å². The average molecular weight is 257 g/mol. The van der Waals surface area contributed by atoms with Crippen LogP contribution < -0.4 is 5.32 Å². The molecule has 1 aromatic rings. The molecule has 0 aliphatic heterocycles. The first-order valence-electron chi connectivity index (χ1n) is 5.13. The number of hydrogen-bond donors (Lipinski definition) is 2. The molecular weight excluding hydrogens is 242 g/mol. The van der Waals surface area contributed by atoms with E-state index in [-0.39, 0.29) is 11.4 Å². The number of carbonyl (C=O) groups is 1. The summed E-state index contributed by atoms with van der Waals surface area (Å²) in [6, 6.07) is 6.05. The van der Waals surface area contributed by atoms with E-state index < -0.39 is 21.1 Å². The van der Waals surface area contributed by atoms with E-state index in [2.05, 4.69) is 5.32 Å². The third-order valence-corrected chi connectivity index (χ3v) is 4.42. The highest BCUT2D eigenvalue weighted by Gasteiger charge is 2.18. The summed E-state index contributed by atoms with van der Waals surface area (Å²) in [5.41, 5.74) is 0.579. The summed E-state index contributed by atoms with van der Waals surface area (Å²) in [5, 5.41) is 10.7. The van der Waals surface area contributed by atoms with Crippen LogP contribution in [0.15, 0.2) is 29.2 Å². The van der Waals surface area contributed by atoms with Gasteiger partial charge in [0.2, 0.25) is 0 Å². The predicted octanol–water partition coefficient (Wildman–Crippen LogP) is 1.37. The summed E-state index contributed by atoms with van der Waals surface area (Å²) >= 11 is 0. The fraction of sp³-hybridized carbons (Fsp3) is 0.364. The molecule has 0 aliphatic rings. The molecule has 0 heterocycles. The standard InChI is InChI=1S/C11H15NO4S/c1-8(2)17(15,16)10-5-3-9(4-6-10)12-7-11(13)14/h3-6,8,12H,7H2,1-2H3,(H,13,14). The number of sulfone groups is 1. The molecule has 0 saturated carbocycles. The van der Waals surface area contributed by atoms with Crippen molar-refractivity contribution in [1.82, 2.24) is 0 Å². The number of carboxylic acids is 1. The Morgan fingerprint density at radius 2 is 1.82 bits per heavy atom. The van der Waals surface area contributed by atoms with Gasteiger partial charge in [0.25, 0.3) is 0 Å². The lowest BCUT2D eigenvalue weighted by molar-refractivity contribution is -0.134. The van der Waals surface area contributed by atoms with Crippen molar-refractivity contribution in [1.29, 1.82) is 0 Å². The van der Waals surface area contributed by atoms with Gasteiger partial charge in [-0.05, 0) is 38.1 Å². The van der Waals surface area contributed by atoms with Gasteiger partial charge in [-0.15, -0.1) is 0 Å². The minimum Gasteiger partial charge on any atom is -0.480 e. The van der Waals surface area contributed by atoms with Gasteiger partial charge in [-0.3, -0.25) is 4.79 Å². The Balaban J connectivity index is 2.85. The van der Waals surface area contributed by atoms with Crippen LogP contribution in [-0.4, -0.2) is 31.3 Å². The molecule has 0 fully saturated rings. The summed E-state index contributed by atoms with van der Waals surface area (Å²) in [6.07, 6.45) is 0. The molecule has 0 saturated heterocycles. The van der Waals surface area contributed by atoms with Crippen molar-refractivity contribution in [2.75, 3.05) is 11.9 Å². The van der Waals surface area contributed by atoms with Gasteiger partial charge in [0.1, 0.15) is 6.54 Å². The largest absolute Gasteiger partial charge is 0.480 e. The summed E-state index contributed by atoms with van der Waals surface area (Å²) in [6.45, 7) is 3.04. The second-order valence-electron chi connectivity index (χ2n) is 3.87. The SMILES string of the molecule is CC(C)S(=O)(=O)c1ccc(NCC(=O)O)cc1. The van der Waals surface area contributed by atoms with Crippen LogP contribution in [0, 0.1) is 0 Å². The Bertz CT molecular complexity index is 491. The first-order chi connectivity index (χ1) is 7.84. The van der Waals surface area contributed by atoms with Crippen LogP contribution >= 0.6 is 0 Å². The van der Waals surface area contributed by atoms with Crippen LogP contribution in [0.25, 0.3) is 0 Å². The maximum atomic E-state index is 11.8. The average Bonchev–Trinajstić information content (AvgIpc) is 2.26. The highest BCUT2D eigenvalue weighted by molar-refractivity contribution is 7.92. The lowest BCUT2D eigenvalue weighted by atomic mass is 10.3. The van der Waals surface area contributed by atoms with Gasteiger partial charge < -0.3 is 10.4 Å². The van der Waals surface area contributed by atoms with E-state index in [1.165, 1.54) is 12.1 Å². The molecule has 0 amide bonds. The van der Waals surface area contributed by atoms with E-state index in [4.69, 9.17) is 5.11 Å². The zero-order valence-corrected chi connectivity index (χ0v) is 10.5. The van der Waals surface area contributed by atoms with Gasteiger partial charge in [-0.1, -0.05) is 0 Å². The maximum absolute atomic E-state index is 11.8. The number of carboxylic acid groups (broad SMARTS) is 1. The summed E-state index contributed by atoms with van der Waals surface area (Å²) in [5.74, 6) is -0.969. The Morgan fingerprint density at radius 1 is 1.29 bits per heavy atom. The topological polar surface area (TPSA) is 83.5 Å². The molecule has 0 radical (unpaired) electrons. The quantitative estimate of drug-likeness (QED) is 0.832. The molecule has 1 rings (SSSR count). The Morgan fingerprint density at radius 3 is 2.24 bits per heavy atom. The third-order valence-electron chi connectivity index (χ3n) is 2.25. The molecule has 0 aromatic heterocycles. The number of rotatable bonds is 5. The van der Waals surface area contributed by atoms with Crippen LogP contribution in [0.5, 0.6) is 0 Å². The highest BCUT2D eigenvalue weighted by atomic mass is 32.2. The summed E-state index contributed by atoms with van der Waals surface area (Å²) in [7, 11) is -3.27. The van der Waals surface area contributed by atoms with Gasteiger partial charge in [0.05, 0.1) is 10.1 Å². The molecule has 17 heavy (non-hydrogen) atoms. The normalized spacial score (nSPS) is 11.5. The van der Waals surface area contributed by atoms with Crippen molar-refractivity contribution < 1.29 is 18.3 Å². The fourth-order valence-electron chi connectivity index (χ4n) is 1.21. The van der Waals surface area contributed by atoms with Crippen LogP contribution in [0.4, 0.5) is 5.69 Å². The molecule has 0 unspecified atom stereocenters. The lowest BCUT2D eigenvalue weighted by Gasteiger charge is -2.09. The molecule has 1 aromatic carbocycles. The van der Waals surface area contributed by atoms with Crippen molar-refractivity contribution >= 4 is 21.5 Å². The second-order valence-corrected chi connectivity index (χ2v) is 6.37. The van der Waals surface area contributed by atoms with Crippen LogP contribution in [0.1, 0.15) is 13.8 Å². The zero-order chi connectivity index (χ0) is 13.1. The van der Waals surface area contributed by atoms with Gasteiger partial charge >= 0.3 is 5.97 Å². The van der Waals surface area contributed by atoms with Crippen LogP contribution in [0.2, 0.25) is 0 Å². The van der Waals surface area contributed by atoms with Gasteiger partial charge in [-0.2, -0.15) is 0 Å². The third kappa shape index (κ3) is 3.45. The fourth-order valence-corrected chi connectivity index (χ4v) is 2.27. The molecule has 0 aliphatic carbocycles. The number of hydrogen-bond acceptors (Lipinski definition) is 4. The predicted molar refractivity (Wildman–Crippen MR) is 64.9 cm³/mol. The number of benzene rings is 1. The molecule has 0 bridgehead atoms. The highest BCUT2D eigenvalue weighted by Crippen LogP contribution is 2.18. The van der Waals surface area contributed by atoms with E-state index in [1.54, 1.807) is 26.0 Å². The molecule has 94 valence electrons. The monoisotopic (exact) mass is 257 g/mol. The maximum Gasteiger partial charge on any atom is 0.322 e. The number of nitrogens with one attached hydrogen (secondary N) is 1. The van der Waals surface area contributed by atoms with Crippen molar-refractivity contribution in [3.8, 4) is 0 Å². The first kappa shape index (κ1) is 13.5. The molecule has 5 nitrogen and oxygen atoms in total. The minimum atomic E-state index is -3.27. The van der Waals surface area contributed by atoms with E-state index in [1.807, 2.05) is 0 Å². The Labute approximate surface area is 100 Å². The summed E-state index contributed by atoms with van der Waals surface area (Å²) in [4.78, 5) is 10.6. The Kier molecular flexibility index (Phi) is 4.11.